The lowest BCUT2D eigenvalue weighted by atomic mass is 9.70. The SMILES string of the molecule is CC1(C)[C@H]2CC[C@]1(C)/C(=N/NC(=O)COc1ccccc1C#N)C2. The molecule has 0 aliphatic heterocycles. The minimum Gasteiger partial charge on any atom is -0.482 e. The zero-order valence-electron chi connectivity index (χ0n) is 14.4. The van der Waals surface area contributed by atoms with Crippen LogP contribution in [0, 0.1) is 28.1 Å². The number of benzene rings is 1. The zero-order valence-corrected chi connectivity index (χ0v) is 14.4. The van der Waals surface area contributed by atoms with Gasteiger partial charge in [-0.1, -0.05) is 32.9 Å². The van der Waals surface area contributed by atoms with Crippen molar-refractivity contribution in [3.8, 4) is 11.8 Å². The van der Waals surface area contributed by atoms with Gasteiger partial charge in [0.25, 0.3) is 5.91 Å². The molecular formula is C19H23N3O2. The predicted molar refractivity (Wildman–Crippen MR) is 91.5 cm³/mol. The highest BCUT2D eigenvalue weighted by atomic mass is 16.5. The number of carbonyl (C=O) groups excluding carboxylic acids is 1. The number of rotatable bonds is 4. The molecule has 0 aromatic heterocycles. The molecule has 1 aromatic carbocycles. The van der Waals surface area contributed by atoms with E-state index in [1.54, 1.807) is 24.3 Å². The average molecular weight is 325 g/mol. The van der Waals surface area contributed by atoms with Gasteiger partial charge in [-0.2, -0.15) is 10.4 Å². The van der Waals surface area contributed by atoms with E-state index < -0.39 is 0 Å². The summed E-state index contributed by atoms with van der Waals surface area (Å²) in [4.78, 5) is 12.0. The van der Waals surface area contributed by atoms with Gasteiger partial charge in [-0.15, -0.1) is 0 Å². The monoisotopic (exact) mass is 325 g/mol. The maximum Gasteiger partial charge on any atom is 0.277 e. The van der Waals surface area contributed by atoms with Crippen LogP contribution in [0.3, 0.4) is 0 Å². The van der Waals surface area contributed by atoms with Crippen LogP contribution in [-0.4, -0.2) is 18.2 Å². The maximum absolute atomic E-state index is 12.0. The number of para-hydroxylation sites is 1. The molecular weight excluding hydrogens is 302 g/mol. The van der Waals surface area contributed by atoms with E-state index in [0.717, 1.165) is 18.6 Å². The van der Waals surface area contributed by atoms with E-state index in [9.17, 15) is 4.79 Å². The Kier molecular flexibility index (Phi) is 4.08. The molecule has 0 radical (unpaired) electrons. The summed E-state index contributed by atoms with van der Waals surface area (Å²) in [6, 6.07) is 8.91. The van der Waals surface area contributed by atoms with E-state index >= 15 is 0 Å². The highest BCUT2D eigenvalue weighted by molar-refractivity contribution is 5.95. The van der Waals surface area contributed by atoms with Gasteiger partial charge in [0.05, 0.1) is 5.56 Å². The van der Waals surface area contributed by atoms with Crippen LogP contribution in [0.15, 0.2) is 29.4 Å². The molecule has 1 aromatic rings. The van der Waals surface area contributed by atoms with Crippen LogP contribution < -0.4 is 10.2 Å². The largest absolute Gasteiger partial charge is 0.482 e. The van der Waals surface area contributed by atoms with Gasteiger partial charge in [0.15, 0.2) is 6.61 Å². The first-order chi connectivity index (χ1) is 11.4. The molecule has 2 saturated carbocycles. The van der Waals surface area contributed by atoms with Gasteiger partial charge in [-0.3, -0.25) is 4.79 Å². The van der Waals surface area contributed by atoms with Crippen LogP contribution in [0.25, 0.3) is 0 Å². The molecule has 0 heterocycles. The van der Waals surface area contributed by atoms with E-state index in [2.05, 4.69) is 31.3 Å². The second-order valence-corrected chi connectivity index (χ2v) is 7.48. The second kappa shape index (κ2) is 5.94. The van der Waals surface area contributed by atoms with E-state index in [1.165, 1.54) is 6.42 Å². The lowest BCUT2D eigenvalue weighted by molar-refractivity contribution is -0.123. The Morgan fingerprint density at radius 3 is 2.79 bits per heavy atom. The summed E-state index contributed by atoms with van der Waals surface area (Å²) < 4.78 is 5.43. The quantitative estimate of drug-likeness (QED) is 0.863. The zero-order chi connectivity index (χ0) is 17.4. The minimum atomic E-state index is -0.306. The van der Waals surface area contributed by atoms with Crippen molar-refractivity contribution in [2.45, 2.75) is 40.0 Å². The molecule has 126 valence electrons. The lowest BCUT2D eigenvalue weighted by Crippen LogP contribution is -2.35. The molecule has 24 heavy (non-hydrogen) atoms. The second-order valence-electron chi connectivity index (χ2n) is 7.48. The number of carbonyl (C=O) groups is 1. The van der Waals surface area contributed by atoms with Crippen LogP contribution in [0.2, 0.25) is 0 Å². The summed E-state index contributed by atoms with van der Waals surface area (Å²) in [7, 11) is 0. The van der Waals surface area contributed by atoms with Crippen LogP contribution in [0.1, 0.15) is 45.6 Å². The Morgan fingerprint density at radius 1 is 1.42 bits per heavy atom. The fourth-order valence-electron chi connectivity index (χ4n) is 4.09. The number of fused-ring (bicyclic) bond motifs is 2. The predicted octanol–water partition coefficient (Wildman–Crippen LogP) is 3.26. The number of hydrazone groups is 1. The third kappa shape index (κ3) is 2.56. The van der Waals surface area contributed by atoms with Gasteiger partial charge in [0.1, 0.15) is 11.8 Å². The maximum atomic E-state index is 12.0. The summed E-state index contributed by atoms with van der Waals surface area (Å²) in [5, 5.41) is 13.4. The van der Waals surface area contributed by atoms with Crippen molar-refractivity contribution >= 4 is 11.6 Å². The highest BCUT2D eigenvalue weighted by Gasteiger charge is 2.59. The van der Waals surface area contributed by atoms with E-state index in [1.807, 2.05) is 6.07 Å². The van der Waals surface area contributed by atoms with E-state index in [-0.39, 0.29) is 23.3 Å². The molecule has 2 bridgehead atoms. The fourth-order valence-corrected chi connectivity index (χ4v) is 4.09. The number of hydrogen-bond donors (Lipinski definition) is 1. The van der Waals surface area contributed by atoms with Crippen molar-refractivity contribution in [1.29, 1.82) is 5.26 Å². The number of ether oxygens (including phenoxy) is 1. The number of nitriles is 1. The van der Waals surface area contributed by atoms with Gasteiger partial charge in [-0.25, -0.2) is 5.43 Å². The summed E-state index contributed by atoms with van der Waals surface area (Å²) in [5.41, 5.74) is 4.43. The number of nitrogens with zero attached hydrogens (tertiary/aromatic N) is 2. The van der Waals surface area contributed by atoms with Crippen molar-refractivity contribution in [2.24, 2.45) is 21.8 Å². The molecule has 0 spiro atoms. The molecule has 2 atom stereocenters. The summed E-state index contributed by atoms with van der Waals surface area (Å²) in [5.74, 6) is 0.757. The minimum absolute atomic E-state index is 0.0687. The first kappa shape index (κ1) is 16.5. The highest BCUT2D eigenvalue weighted by Crippen LogP contribution is 2.63. The fraction of sp³-hybridized carbons (Fsp3) is 0.526. The summed E-state index contributed by atoms with van der Waals surface area (Å²) in [6.07, 6.45) is 3.33. The van der Waals surface area contributed by atoms with Crippen molar-refractivity contribution < 1.29 is 9.53 Å². The Labute approximate surface area is 142 Å². The van der Waals surface area contributed by atoms with E-state index in [4.69, 9.17) is 10.00 Å². The average Bonchev–Trinajstić information content (AvgIpc) is 2.91. The molecule has 0 saturated heterocycles. The van der Waals surface area contributed by atoms with Gasteiger partial charge >= 0.3 is 0 Å². The topological polar surface area (TPSA) is 74.5 Å². The van der Waals surface area contributed by atoms with Crippen molar-refractivity contribution in [3.05, 3.63) is 29.8 Å². The van der Waals surface area contributed by atoms with Crippen molar-refractivity contribution in [1.82, 2.24) is 5.43 Å². The first-order valence-electron chi connectivity index (χ1n) is 8.36. The Bertz CT molecular complexity index is 732. The van der Waals surface area contributed by atoms with Crippen LogP contribution in [0.5, 0.6) is 5.75 Å². The molecule has 5 heteroatoms. The van der Waals surface area contributed by atoms with Crippen molar-refractivity contribution in [2.75, 3.05) is 6.61 Å². The number of nitrogens with one attached hydrogen (secondary N) is 1. The van der Waals surface area contributed by atoms with Gasteiger partial charge < -0.3 is 4.74 Å². The summed E-state index contributed by atoms with van der Waals surface area (Å²) in [6.45, 7) is 6.71. The molecule has 2 aliphatic carbocycles. The normalized spacial score (nSPS) is 28.6. The molecule has 5 nitrogen and oxygen atoms in total. The third-order valence-corrected chi connectivity index (χ3v) is 6.19. The van der Waals surface area contributed by atoms with Crippen LogP contribution >= 0.6 is 0 Å². The molecule has 2 aliphatic rings. The molecule has 1 amide bonds. The van der Waals surface area contributed by atoms with Crippen molar-refractivity contribution in [3.63, 3.8) is 0 Å². The number of hydrogen-bond acceptors (Lipinski definition) is 4. The molecule has 3 rings (SSSR count). The lowest BCUT2D eigenvalue weighted by Gasteiger charge is -2.34. The Hall–Kier alpha value is -2.35. The smallest absolute Gasteiger partial charge is 0.277 e. The third-order valence-electron chi connectivity index (χ3n) is 6.19. The van der Waals surface area contributed by atoms with Gasteiger partial charge in [0.2, 0.25) is 0 Å². The molecule has 2 fully saturated rings. The Balaban J connectivity index is 1.60. The molecule has 0 unspecified atom stereocenters. The number of amides is 1. The first-order valence-corrected chi connectivity index (χ1v) is 8.36. The van der Waals surface area contributed by atoms with Gasteiger partial charge in [0, 0.05) is 11.1 Å². The Morgan fingerprint density at radius 2 is 2.17 bits per heavy atom. The summed E-state index contributed by atoms with van der Waals surface area (Å²) >= 11 is 0. The molecule has 1 N–H and O–H groups in total. The van der Waals surface area contributed by atoms with Crippen LogP contribution in [-0.2, 0) is 4.79 Å². The standard InChI is InChI=1S/C19H23N3O2/c1-18(2)14-8-9-19(18,3)16(10-14)21-22-17(23)12-24-15-7-5-4-6-13(15)11-20/h4-7,14H,8-10,12H2,1-3H3,(H,22,23)/b21-16+/t14-,19+/m0/s1. The van der Waals surface area contributed by atoms with Crippen LogP contribution in [0.4, 0.5) is 0 Å². The van der Waals surface area contributed by atoms with E-state index in [0.29, 0.717) is 17.2 Å². The van der Waals surface area contributed by atoms with Gasteiger partial charge in [-0.05, 0) is 42.7 Å².